The van der Waals surface area contributed by atoms with Crippen molar-refractivity contribution in [1.29, 1.82) is 0 Å². The summed E-state index contributed by atoms with van der Waals surface area (Å²) >= 11 is 11.9. The van der Waals surface area contributed by atoms with Crippen LogP contribution in [0.5, 0.6) is 0 Å². The standard InChI is InChI=1S/C12H13BrClNO2S3/c1-8(2)15(7-9-4-3-5-18-9)20(16,17)11-6-10(14)12(13)19-11/h3-6,8H,7H2,1-2H3. The van der Waals surface area contributed by atoms with Gasteiger partial charge in [-0.15, -0.1) is 22.7 Å². The lowest BCUT2D eigenvalue weighted by Crippen LogP contribution is -2.35. The summed E-state index contributed by atoms with van der Waals surface area (Å²) in [6.45, 7) is 4.12. The quantitative estimate of drug-likeness (QED) is 0.703. The van der Waals surface area contributed by atoms with E-state index >= 15 is 0 Å². The van der Waals surface area contributed by atoms with Gasteiger partial charge < -0.3 is 0 Å². The van der Waals surface area contributed by atoms with Crippen LogP contribution in [0.1, 0.15) is 18.7 Å². The van der Waals surface area contributed by atoms with E-state index < -0.39 is 10.0 Å². The maximum absolute atomic E-state index is 12.7. The van der Waals surface area contributed by atoms with Gasteiger partial charge in [0.1, 0.15) is 4.21 Å². The van der Waals surface area contributed by atoms with E-state index in [1.54, 1.807) is 11.3 Å². The van der Waals surface area contributed by atoms with Gasteiger partial charge in [-0.3, -0.25) is 0 Å². The third-order valence-corrected chi connectivity index (χ3v) is 8.46. The van der Waals surface area contributed by atoms with Gasteiger partial charge in [0, 0.05) is 17.5 Å². The Bertz CT molecular complexity index is 660. The number of hydrogen-bond acceptors (Lipinski definition) is 4. The van der Waals surface area contributed by atoms with Crippen LogP contribution in [0, 0.1) is 0 Å². The molecule has 0 atom stereocenters. The molecule has 20 heavy (non-hydrogen) atoms. The Morgan fingerprint density at radius 1 is 1.45 bits per heavy atom. The van der Waals surface area contributed by atoms with Crippen LogP contribution < -0.4 is 0 Å². The molecule has 0 aromatic carbocycles. The van der Waals surface area contributed by atoms with Crippen LogP contribution in [0.3, 0.4) is 0 Å². The average molecular weight is 415 g/mol. The zero-order valence-corrected chi connectivity index (χ0v) is 15.6. The molecular weight excluding hydrogens is 402 g/mol. The first-order valence-corrected chi connectivity index (χ1v) is 10.1. The molecule has 0 aliphatic heterocycles. The van der Waals surface area contributed by atoms with Crippen LogP contribution in [0.2, 0.25) is 5.02 Å². The molecule has 0 N–H and O–H groups in total. The second kappa shape index (κ2) is 6.46. The molecule has 2 rings (SSSR count). The Morgan fingerprint density at radius 2 is 2.15 bits per heavy atom. The lowest BCUT2D eigenvalue weighted by molar-refractivity contribution is 0.351. The van der Waals surface area contributed by atoms with Gasteiger partial charge in [-0.25, -0.2) is 8.42 Å². The first kappa shape index (κ1) is 16.5. The fourth-order valence-electron chi connectivity index (χ4n) is 1.67. The number of thiophene rings is 2. The fraction of sp³-hybridized carbons (Fsp3) is 0.333. The van der Waals surface area contributed by atoms with Gasteiger partial charge in [0.05, 0.1) is 8.81 Å². The van der Waals surface area contributed by atoms with Gasteiger partial charge in [-0.1, -0.05) is 17.7 Å². The number of sulfonamides is 1. The lowest BCUT2D eigenvalue weighted by Gasteiger charge is -2.24. The van der Waals surface area contributed by atoms with E-state index in [0.717, 1.165) is 16.2 Å². The molecule has 0 saturated heterocycles. The zero-order chi connectivity index (χ0) is 14.9. The van der Waals surface area contributed by atoms with Crippen molar-refractivity contribution >= 4 is 60.2 Å². The largest absolute Gasteiger partial charge is 0.253 e. The summed E-state index contributed by atoms with van der Waals surface area (Å²) in [6, 6.07) is 5.23. The predicted octanol–water partition coefficient (Wildman–Crippen LogP) is 4.82. The summed E-state index contributed by atoms with van der Waals surface area (Å²) in [5.74, 6) is 0. The summed E-state index contributed by atoms with van der Waals surface area (Å²) in [5.41, 5.74) is 0. The summed E-state index contributed by atoms with van der Waals surface area (Å²) < 4.78 is 27.8. The van der Waals surface area contributed by atoms with E-state index in [1.165, 1.54) is 10.4 Å². The van der Waals surface area contributed by atoms with Crippen LogP contribution in [-0.2, 0) is 16.6 Å². The monoisotopic (exact) mass is 413 g/mol. The molecule has 2 aromatic heterocycles. The normalized spacial score (nSPS) is 12.5. The Hall–Kier alpha value is 0.0800. The van der Waals surface area contributed by atoms with Crippen LogP contribution in [0.15, 0.2) is 31.6 Å². The Morgan fingerprint density at radius 3 is 2.60 bits per heavy atom. The van der Waals surface area contributed by atoms with Crippen molar-refractivity contribution in [2.24, 2.45) is 0 Å². The third-order valence-electron chi connectivity index (χ3n) is 2.65. The molecule has 0 bridgehead atoms. The molecule has 2 aromatic rings. The van der Waals surface area contributed by atoms with E-state index in [1.807, 2.05) is 31.4 Å². The highest BCUT2D eigenvalue weighted by atomic mass is 79.9. The van der Waals surface area contributed by atoms with Crippen molar-refractivity contribution in [3.63, 3.8) is 0 Å². The van der Waals surface area contributed by atoms with Crippen LogP contribution >= 0.6 is 50.2 Å². The van der Waals surface area contributed by atoms with Gasteiger partial charge in [-0.05, 0) is 47.3 Å². The molecule has 0 radical (unpaired) electrons. The number of halogens is 2. The topological polar surface area (TPSA) is 37.4 Å². The maximum Gasteiger partial charge on any atom is 0.253 e. The molecule has 0 aliphatic rings. The second-order valence-electron chi connectivity index (χ2n) is 4.41. The SMILES string of the molecule is CC(C)N(Cc1cccs1)S(=O)(=O)c1cc(Cl)c(Br)s1. The van der Waals surface area contributed by atoms with E-state index in [2.05, 4.69) is 15.9 Å². The van der Waals surface area contributed by atoms with E-state index in [9.17, 15) is 8.42 Å². The van der Waals surface area contributed by atoms with Crippen molar-refractivity contribution < 1.29 is 8.42 Å². The molecule has 2 heterocycles. The van der Waals surface area contributed by atoms with E-state index in [-0.39, 0.29) is 10.3 Å². The third kappa shape index (κ3) is 3.45. The minimum Gasteiger partial charge on any atom is -0.206 e. The van der Waals surface area contributed by atoms with Crippen molar-refractivity contribution in [2.75, 3.05) is 0 Å². The molecule has 0 fully saturated rings. The van der Waals surface area contributed by atoms with Crippen LogP contribution in [0.25, 0.3) is 0 Å². The molecule has 0 spiro atoms. The first-order valence-electron chi connectivity index (χ1n) is 5.81. The van der Waals surface area contributed by atoms with Crippen molar-refractivity contribution in [1.82, 2.24) is 4.31 Å². The van der Waals surface area contributed by atoms with Gasteiger partial charge in [0.15, 0.2) is 0 Å². The van der Waals surface area contributed by atoms with E-state index in [0.29, 0.717) is 15.4 Å². The molecule has 0 saturated carbocycles. The number of hydrogen-bond donors (Lipinski definition) is 0. The summed E-state index contributed by atoms with van der Waals surface area (Å²) in [5, 5.41) is 2.37. The van der Waals surface area contributed by atoms with E-state index in [4.69, 9.17) is 11.6 Å². The van der Waals surface area contributed by atoms with Gasteiger partial charge in [-0.2, -0.15) is 4.31 Å². The predicted molar refractivity (Wildman–Crippen MR) is 89.2 cm³/mol. The Balaban J connectivity index is 2.37. The second-order valence-corrected chi connectivity index (χ2v) is 10.3. The summed E-state index contributed by atoms with van der Waals surface area (Å²) in [7, 11) is -3.53. The Kier molecular flexibility index (Phi) is 5.31. The highest BCUT2D eigenvalue weighted by Gasteiger charge is 2.29. The molecule has 8 heteroatoms. The minimum absolute atomic E-state index is 0.123. The van der Waals surface area contributed by atoms with Crippen molar-refractivity contribution in [3.8, 4) is 0 Å². The molecule has 110 valence electrons. The highest BCUT2D eigenvalue weighted by molar-refractivity contribution is 9.11. The van der Waals surface area contributed by atoms with Gasteiger partial charge in [0.25, 0.3) is 10.0 Å². The van der Waals surface area contributed by atoms with Crippen molar-refractivity contribution in [2.45, 2.75) is 30.6 Å². The molecule has 0 aliphatic carbocycles. The van der Waals surface area contributed by atoms with Gasteiger partial charge >= 0.3 is 0 Å². The zero-order valence-electron chi connectivity index (χ0n) is 10.8. The fourth-order valence-corrected chi connectivity index (χ4v) is 6.60. The van der Waals surface area contributed by atoms with Crippen LogP contribution in [0.4, 0.5) is 0 Å². The average Bonchev–Trinajstić information content (AvgIpc) is 2.97. The van der Waals surface area contributed by atoms with Crippen molar-refractivity contribution in [3.05, 3.63) is 37.3 Å². The van der Waals surface area contributed by atoms with Crippen LogP contribution in [-0.4, -0.2) is 18.8 Å². The maximum atomic E-state index is 12.7. The summed E-state index contributed by atoms with van der Waals surface area (Å²) in [4.78, 5) is 1.02. The minimum atomic E-state index is -3.53. The molecule has 3 nitrogen and oxygen atoms in total. The molecule has 0 amide bonds. The molecular formula is C12H13BrClNO2S3. The lowest BCUT2D eigenvalue weighted by atomic mass is 10.4. The van der Waals surface area contributed by atoms with Gasteiger partial charge in [0.2, 0.25) is 0 Å². The number of nitrogens with zero attached hydrogens (tertiary/aromatic N) is 1. The smallest absolute Gasteiger partial charge is 0.206 e. The number of rotatable bonds is 5. The highest BCUT2D eigenvalue weighted by Crippen LogP contribution is 2.36. The molecule has 0 unspecified atom stereocenters. The first-order chi connectivity index (χ1) is 9.32. The summed E-state index contributed by atoms with van der Waals surface area (Å²) in [6.07, 6.45) is 0. The Labute approximate surface area is 140 Å².